The van der Waals surface area contributed by atoms with Crippen LogP contribution in [-0.4, -0.2) is 54.2 Å². The topological polar surface area (TPSA) is 83.3 Å². The molecule has 0 spiro atoms. The predicted molar refractivity (Wildman–Crippen MR) is 82.9 cm³/mol. The van der Waals surface area contributed by atoms with Gasteiger partial charge in [-0.25, -0.2) is 0 Å². The third-order valence-corrected chi connectivity index (χ3v) is 4.38. The van der Waals surface area contributed by atoms with Gasteiger partial charge < -0.3 is 15.2 Å². The van der Waals surface area contributed by atoms with E-state index in [-0.39, 0.29) is 11.9 Å². The first-order chi connectivity index (χ1) is 10.7. The smallest absolute Gasteiger partial charge is 0.252 e. The van der Waals surface area contributed by atoms with E-state index in [9.17, 15) is 4.79 Å². The summed E-state index contributed by atoms with van der Waals surface area (Å²) in [6.07, 6.45) is 0.534. The molecule has 0 bridgehead atoms. The monoisotopic (exact) mass is 321 g/mol. The molecule has 7 nitrogen and oxygen atoms in total. The molecule has 0 aliphatic carbocycles. The van der Waals surface area contributed by atoms with E-state index in [1.807, 2.05) is 10.8 Å². The fourth-order valence-electron chi connectivity index (χ4n) is 2.38. The molecular weight excluding hydrogens is 302 g/mol. The zero-order valence-corrected chi connectivity index (χ0v) is 13.2. The van der Waals surface area contributed by atoms with E-state index >= 15 is 0 Å². The Kier molecular flexibility index (Phi) is 4.81. The van der Waals surface area contributed by atoms with Crippen LogP contribution in [0.5, 0.6) is 0 Å². The molecule has 2 aromatic heterocycles. The lowest BCUT2D eigenvalue weighted by Crippen LogP contribution is -2.44. The van der Waals surface area contributed by atoms with Gasteiger partial charge in [-0.15, -0.1) is 0 Å². The van der Waals surface area contributed by atoms with Crippen LogP contribution in [0.3, 0.4) is 0 Å². The normalized spacial score (nSPS) is 19.2. The highest BCUT2D eigenvalue weighted by Crippen LogP contribution is 2.17. The zero-order chi connectivity index (χ0) is 15.4. The summed E-state index contributed by atoms with van der Waals surface area (Å²) in [5.74, 6) is 1.19. The van der Waals surface area contributed by atoms with Crippen LogP contribution in [0.2, 0.25) is 0 Å². The van der Waals surface area contributed by atoms with Gasteiger partial charge in [0.25, 0.3) is 5.91 Å². The minimum absolute atomic E-state index is 0.0720. The van der Waals surface area contributed by atoms with Crippen molar-refractivity contribution < 1.29 is 9.32 Å². The Morgan fingerprint density at radius 3 is 3.32 bits per heavy atom. The van der Waals surface area contributed by atoms with Gasteiger partial charge in [0.05, 0.1) is 6.04 Å². The van der Waals surface area contributed by atoms with Crippen molar-refractivity contribution in [3.05, 3.63) is 34.1 Å². The highest BCUT2D eigenvalue weighted by Gasteiger charge is 2.25. The number of carbonyl (C=O) groups excluding carboxylic acids is 1. The number of likely N-dealkylation sites (N-methyl/N-ethyl adjacent to an activating group) is 1. The fourth-order valence-corrected chi connectivity index (χ4v) is 3.01. The average Bonchev–Trinajstić information content (AvgIpc) is 3.19. The highest BCUT2D eigenvalue weighted by atomic mass is 32.1. The molecule has 1 atom stereocenters. The van der Waals surface area contributed by atoms with E-state index in [0.717, 1.165) is 19.6 Å². The van der Waals surface area contributed by atoms with Gasteiger partial charge in [0.15, 0.2) is 5.82 Å². The molecule has 1 amide bonds. The van der Waals surface area contributed by atoms with Crippen molar-refractivity contribution in [2.75, 3.05) is 33.2 Å². The minimum Gasteiger partial charge on any atom is -0.351 e. The quantitative estimate of drug-likeness (QED) is 0.843. The maximum absolute atomic E-state index is 11.8. The number of hydrogen-bond donors (Lipinski definition) is 2. The number of rotatable bonds is 5. The second kappa shape index (κ2) is 6.99. The van der Waals surface area contributed by atoms with E-state index in [0.29, 0.717) is 30.2 Å². The summed E-state index contributed by atoms with van der Waals surface area (Å²) < 4.78 is 5.27. The summed E-state index contributed by atoms with van der Waals surface area (Å²) in [7, 11) is 2.06. The van der Waals surface area contributed by atoms with E-state index in [2.05, 4.69) is 32.7 Å². The van der Waals surface area contributed by atoms with Crippen molar-refractivity contribution >= 4 is 17.2 Å². The van der Waals surface area contributed by atoms with Gasteiger partial charge in [-0.3, -0.25) is 9.69 Å². The van der Waals surface area contributed by atoms with Crippen LogP contribution < -0.4 is 10.6 Å². The largest absolute Gasteiger partial charge is 0.351 e. The number of nitrogens with one attached hydrogen (secondary N) is 2. The molecule has 0 radical (unpaired) electrons. The van der Waals surface area contributed by atoms with Crippen LogP contribution in [0.4, 0.5) is 0 Å². The number of amides is 1. The standard InChI is InChI=1S/C14H19N5O2S/c1-19-6-5-15-8-11(19)13-17-12(21-18-13)2-4-16-14(20)10-3-7-22-9-10/h3,7,9,11,15H,2,4-6,8H2,1H3,(H,16,20). The molecule has 1 saturated heterocycles. The van der Waals surface area contributed by atoms with Gasteiger partial charge in [-0.1, -0.05) is 5.16 Å². The van der Waals surface area contributed by atoms with Crippen LogP contribution in [0.1, 0.15) is 28.1 Å². The van der Waals surface area contributed by atoms with Crippen molar-refractivity contribution in [1.29, 1.82) is 0 Å². The van der Waals surface area contributed by atoms with Gasteiger partial charge in [0, 0.05) is 43.5 Å². The van der Waals surface area contributed by atoms with Crippen LogP contribution in [0, 0.1) is 0 Å². The maximum atomic E-state index is 11.8. The Balaban J connectivity index is 1.50. The van der Waals surface area contributed by atoms with Crippen molar-refractivity contribution in [2.24, 2.45) is 0 Å². The summed E-state index contributed by atoms with van der Waals surface area (Å²) in [6.45, 7) is 3.25. The Bertz CT molecular complexity index is 613. The van der Waals surface area contributed by atoms with Crippen LogP contribution in [-0.2, 0) is 6.42 Å². The minimum atomic E-state index is -0.0720. The first-order valence-electron chi connectivity index (χ1n) is 7.28. The Morgan fingerprint density at radius 2 is 2.55 bits per heavy atom. The Labute approximate surface area is 132 Å². The molecule has 1 aliphatic rings. The molecular formula is C14H19N5O2S. The molecule has 2 aromatic rings. The van der Waals surface area contributed by atoms with Gasteiger partial charge in [-0.05, 0) is 18.5 Å². The van der Waals surface area contributed by atoms with E-state index in [1.165, 1.54) is 11.3 Å². The Hall–Kier alpha value is -1.77. The van der Waals surface area contributed by atoms with Crippen LogP contribution in [0.25, 0.3) is 0 Å². The summed E-state index contributed by atoms with van der Waals surface area (Å²) in [5.41, 5.74) is 0.686. The lowest BCUT2D eigenvalue weighted by atomic mass is 10.2. The summed E-state index contributed by atoms with van der Waals surface area (Å²) in [4.78, 5) is 18.5. The average molecular weight is 321 g/mol. The molecule has 0 saturated carbocycles. The lowest BCUT2D eigenvalue weighted by Gasteiger charge is -2.30. The van der Waals surface area contributed by atoms with Gasteiger partial charge in [0.2, 0.25) is 5.89 Å². The number of aromatic nitrogens is 2. The summed E-state index contributed by atoms with van der Waals surface area (Å²) >= 11 is 1.50. The molecule has 3 heterocycles. The van der Waals surface area contributed by atoms with E-state index < -0.39 is 0 Å². The summed E-state index contributed by atoms with van der Waals surface area (Å²) in [6, 6.07) is 1.95. The SMILES string of the molecule is CN1CCNCC1c1noc(CCNC(=O)c2ccsc2)n1. The highest BCUT2D eigenvalue weighted by molar-refractivity contribution is 7.08. The van der Waals surface area contributed by atoms with Gasteiger partial charge >= 0.3 is 0 Å². The third-order valence-electron chi connectivity index (χ3n) is 3.70. The van der Waals surface area contributed by atoms with E-state index in [1.54, 1.807) is 6.07 Å². The fraction of sp³-hybridized carbons (Fsp3) is 0.500. The number of nitrogens with zero attached hydrogens (tertiary/aromatic N) is 3. The van der Waals surface area contributed by atoms with Crippen molar-refractivity contribution in [3.63, 3.8) is 0 Å². The first kappa shape index (κ1) is 15.1. The molecule has 22 heavy (non-hydrogen) atoms. The molecule has 0 aromatic carbocycles. The first-order valence-corrected chi connectivity index (χ1v) is 8.22. The van der Waals surface area contributed by atoms with Crippen molar-refractivity contribution in [1.82, 2.24) is 25.7 Å². The Morgan fingerprint density at radius 1 is 1.64 bits per heavy atom. The number of thiophene rings is 1. The maximum Gasteiger partial charge on any atom is 0.252 e. The predicted octanol–water partition coefficient (Wildman–Crippen LogP) is 0.680. The van der Waals surface area contributed by atoms with Gasteiger partial charge in [0.1, 0.15) is 0 Å². The van der Waals surface area contributed by atoms with Gasteiger partial charge in [-0.2, -0.15) is 16.3 Å². The molecule has 8 heteroatoms. The molecule has 1 unspecified atom stereocenters. The second-order valence-corrected chi connectivity index (χ2v) is 6.04. The summed E-state index contributed by atoms with van der Waals surface area (Å²) in [5, 5.41) is 13.9. The molecule has 1 fully saturated rings. The number of piperazine rings is 1. The molecule has 1 aliphatic heterocycles. The second-order valence-electron chi connectivity index (χ2n) is 5.26. The van der Waals surface area contributed by atoms with E-state index in [4.69, 9.17) is 4.52 Å². The molecule has 2 N–H and O–H groups in total. The zero-order valence-electron chi connectivity index (χ0n) is 12.4. The number of hydrogen-bond acceptors (Lipinski definition) is 7. The number of carbonyl (C=O) groups is 1. The third kappa shape index (κ3) is 3.52. The van der Waals surface area contributed by atoms with Crippen molar-refractivity contribution in [3.8, 4) is 0 Å². The molecule has 118 valence electrons. The molecule has 3 rings (SSSR count). The van der Waals surface area contributed by atoms with Crippen LogP contribution in [0.15, 0.2) is 21.3 Å². The van der Waals surface area contributed by atoms with Crippen LogP contribution >= 0.6 is 11.3 Å². The van der Waals surface area contributed by atoms with Crippen molar-refractivity contribution in [2.45, 2.75) is 12.5 Å². The lowest BCUT2D eigenvalue weighted by molar-refractivity contribution is 0.0954.